The molecule has 2 heterocycles. The summed E-state index contributed by atoms with van der Waals surface area (Å²) in [4.78, 5) is 12.4. The highest BCUT2D eigenvalue weighted by molar-refractivity contribution is 5.85. The Kier molecular flexibility index (Phi) is 5.53. The van der Waals surface area contributed by atoms with Crippen LogP contribution in [-0.2, 0) is 16.0 Å². The lowest BCUT2D eigenvalue weighted by Crippen LogP contribution is -2.57. The molecule has 1 fully saturated rings. The van der Waals surface area contributed by atoms with E-state index in [0.717, 1.165) is 42.9 Å². The molecule has 1 aromatic carbocycles. The Morgan fingerprint density at radius 3 is 2.86 bits per heavy atom. The summed E-state index contributed by atoms with van der Waals surface area (Å²) in [6.45, 7) is 3.36. The van der Waals surface area contributed by atoms with E-state index in [4.69, 9.17) is 14.2 Å². The Bertz CT molecular complexity index is 529. The Morgan fingerprint density at radius 2 is 2.14 bits per heavy atom. The van der Waals surface area contributed by atoms with E-state index in [1.165, 1.54) is 0 Å². The van der Waals surface area contributed by atoms with E-state index < -0.39 is 5.54 Å². The van der Waals surface area contributed by atoms with E-state index in [9.17, 15) is 4.79 Å². The first-order valence-electron chi connectivity index (χ1n) is 7.54. The maximum Gasteiger partial charge on any atom is 0.326 e. The van der Waals surface area contributed by atoms with Crippen molar-refractivity contribution in [1.29, 1.82) is 0 Å². The highest BCUT2D eigenvalue weighted by atomic mass is 35.5. The molecular formula is C16H22ClNO4. The minimum atomic E-state index is -0.609. The van der Waals surface area contributed by atoms with Crippen molar-refractivity contribution in [2.75, 3.05) is 19.9 Å². The second kappa shape index (κ2) is 7.20. The average molecular weight is 328 g/mol. The van der Waals surface area contributed by atoms with Crippen LogP contribution >= 0.6 is 12.4 Å². The van der Waals surface area contributed by atoms with E-state index in [1.54, 1.807) is 0 Å². The van der Waals surface area contributed by atoms with Gasteiger partial charge in [-0.2, -0.15) is 0 Å². The molecule has 1 saturated heterocycles. The smallest absolute Gasteiger partial charge is 0.326 e. The van der Waals surface area contributed by atoms with Crippen LogP contribution in [0.4, 0.5) is 0 Å². The van der Waals surface area contributed by atoms with Crippen molar-refractivity contribution in [2.45, 2.75) is 38.1 Å². The van der Waals surface area contributed by atoms with Gasteiger partial charge in [0.2, 0.25) is 6.79 Å². The number of carbonyl (C=O) groups excluding carboxylic acids is 1. The quantitative estimate of drug-likeness (QED) is 0.861. The molecular weight excluding hydrogens is 306 g/mol. The number of fused-ring (bicyclic) bond motifs is 1. The summed E-state index contributed by atoms with van der Waals surface area (Å²) >= 11 is 0. The number of carbonyl (C=O) groups is 1. The van der Waals surface area contributed by atoms with E-state index in [0.29, 0.717) is 13.0 Å². The van der Waals surface area contributed by atoms with E-state index >= 15 is 0 Å². The van der Waals surface area contributed by atoms with Crippen molar-refractivity contribution in [3.8, 4) is 11.5 Å². The molecule has 0 radical (unpaired) electrons. The number of nitrogens with one attached hydrogen (secondary N) is 1. The number of piperidine rings is 1. The van der Waals surface area contributed by atoms with Crippen LogP contribution in [-0.4, -0.2) is 31.5 Å². The molecule has 1 N–H and O–H groups in total. The summed E-state index contributed by atoms with van der Waals surface area (Å²) in [5, 5.41) is 3.39. The molecule has 2 aliphatic rings. The minimum absolute atomic E-state index is 0. The third kappa shape index (κ3) is 3.31. The number of esters is 1. The van der Waals surface area contributed by atoms with Crippen molar-refractivity contribution in [3.05, 3.63) is 23.8 Å². The minimum Gasteiger partial charge on any atom is -0.465 e. The Balaban J connectivity index is 0.00000176. The molecule has 3 rings (SSSR count). The van der Waals surface area contributed by atoms with Crippen LogP contribution in [0.2, 0.25) is 0 Å². The third-order valence-corrected chi connectivity index (χ3v) is 4.10. The topological polar surface area (TPSA) is 56.8 Å². The first-order chi connectivity index (χ1) is 10.2. The van der Waals surface area contributed by atoms with Crippen LogP contribution in [0.5, 0.6) is 11.5 Å². The van der Waals surface area contributed by atoms with Crippen LogP contribution in [0.15, 0.2) is 18.2 Å². The number of rotatable bonds is 4. The standard InChI is InChI=1S/C16H21NO4.ClH/c1-2-19-15(18)16(7-3-4-8-17-16)10-12-5-6-13-14(9-12)21-11-20-13;/h5-6,9,17H,2-4,7-8,10-11H2,1H3;1H. The Labute approximate surface area is 136 Å². The molecule has 0 aromatic heterocycles. The molecule has 22 heavy (non-hydrogen) atoms. The van der Waals surface area contributed by atoms with Crippen molar-refractivity contribution >= 4 is 18.4 Å². The lowest BCUT2D eigenvalue weighted by Gasteiger charge is -2.36. The molecule has 1 aromatic rings. The van der Waals surface area contributed by atoms with E-state index in [2.05, 4.69) is 5.32 Å². The first-order valence-corrected chi connectivity index (χ1v) is 7.54. The normalized spacial score (nSPS) is 22.8. The van der Waals surface area contributed by atoms with Gasteiger partial charge in [-0.25, -0.2) is 0 Å². The summed E-state index contributed by atoms with van der Waals surface area (Å²) in [6.07, 6.45) is 3.56. The summed E-state index contributed by atoms with van der Waals surface area (Å²) in [5.41, 5.74) is 0.448. The highest BCUT2D eigenvalue weighted by Crippen LogP contribution is 2.34. The van der Waals surface area contributed by atoms with Crippen molar-refractivity contribution in [2.24, 2.45) is 0 Å². The molecule has 0 saturated carbocycles. The van der Waals surface area contributed by atoms with Crippen molar-refractivity contribution in [1.82, 2.24) is 5.32 Å². The van der Waals surface area contributed by atoms with Gasteiger partial charge in [0.25, 0.3) is 0 Å². The molecule has 1 unspecified atom stereocenters. The maximum atomic E-state index is 12.4. The predicted molar refractivity (Wildman–Crippen MR) is 84.7 cm³/mol. The third-order valence-electron chi connectivity index (χ3n) is 4.10. The summed E-state index contributed by atoms with van der Waals surface area (Å²) in [7, 11) is 0. The van der Waals surface area contributed by atoms with Crippen molar-refractivity contribution in [3.63, 3.8) is 0 Å². The van der Waals surface area contributed by atoms with E-state index in [1.807, 2.05) is 25.1 Å². The Morgan fingerprint density at radius 1 is 1.32 bits per heavy atom. The summed E-state index contributed by atoms with van der Waals surface area (Å²) in [6, 6.07) is 5.85. The Hall–Kier alpha value is -1.46. The van der Waals surface area contributed by atoms with Gasteiger partial charge in [-0.1, -0.05) is 6.07 Å². The van der Waals surface area contributed by atoms with Gasteiger partial charge in [-0.05, 0) is 50.4 Å². The van der Waals surface area contributed by atoms with Crippen LogP contribution in [0.3, 0.4) is 0 Å². The molecule has 0 spiro atoms. The zero-order valence-electron chi connectivity index (χ0n) is 12.7. The lowest BCUT2D eigenvalue weighted by molar-refractivity contribution is -0.152. The van der Waals surface area contributed by atoms with Gasteiger partial charge in [0.1, 0.15) is 5.54 Å². The number of hydrogen-bond acceptors (Lipinski definition) is 5. The van der Waals surface area contributed by atoms with Crippen LogP contribution in [0.25, 0.3) is 0 Å². The summed E-state index contributed by atoms with van der Waals surface area (Å²) in [5.74, 6) is 1.37. The average Bonchev–Trinajstić information content (AvgIpc) is 2.96. The number of hydrogen-bond donors (Lipinski definition) is 1. The fourth-order valence-corrected chi connectivity index (χ4v) is 3.03. The van der Waals surface area contributed by atoms with Gasteiger partial charge in [-0.15, -0.1) is 12.4 Å². The lowest BCUT2D eigenvalue weighted by atomic mass is 9.83. The van der Waals surface area contributed by atoms with Gasteiger partial charge < -0.3 is 19.5 Å². The first kappa shape index (κ1) is 16.9. The highest BCUT2D eigenvalue weighted by Gasteiger charge is 2.41. The van der Waals surface area contributed by atoms with Gasteiger partial charge in [-0.3, -0.25) is 4.79 Å². The fraction of sp³-hybridized carbons (Fsp3) is 0.562. The zero-order valence-corrected chi connectivity index (χ0v) is 13.5. The molecule has 5 nitrogen and oxygen atoms in total. The zero-order chi connectivity index (χ0) is 14.7. The van der Waals surface area contributed by atoms with Crippen LogP contribution in [0, 0.1) is 0 Å². The van der Waals surface area contributed by atoms with Crippen LogP contribution < -0.4 is 14.8 Å². The molecule has 0 amide bonds. The molecule has 2 aliphatic heterocycles. The number of benzene rings is 1. The second-order valence-corrected chi connectivity index (χ2v) is 5.55. The summed E-state index contributed by atoms with van der Waals surface area (Å²) < 4.78 is 16.0. The number of halogens is 1. The molecule has 1 atom stereocenters. The predicted octanol–water partition coefficient (Wildman–Crippen LogP) is 2.46. The maximum absolute atomic E-state index is 12.4. The monoisotopic (exact) mass is 327 g/mol. The fourth-order valence-electron chi connectivity index (χ4n) is 3.03. The van der Waals surface area contributed by atoms with E-state index in [-0.39, 0.29) is 25.2 Å². The SMILES string of the molecule is CCOC(=O)C1(Cc2ccc3c(c2)OCO3)CCCCN1.Cl. The van der Waals surface area contributed by atoms with Gasteiger partial charge in [0.05, 0.1) is 6.61 Å². The van der Waals surface area contributed by atoms with Crippen LogP contribution in [0.1, 0.15) is 31.7 Å². The molecule has 6 heteroatoms. The van der Waals surface area contributed by atoms with Gasteiger partial charge >= 0.3 is 5.97 Å². The number of ether oxygens (including phenoxy) is 3. The van der Waals surface area contributed by atoms with Gasteiger partial charge in [0, 0.05) is 6.42 Å². The molecule has 122 valence electrons. The molecule has 0 bridgehead atoms. The molecule has 0 aliphatic carbocycles. The largest absolute Gasteiger partial charge is 0.465 e. The van der Waals surface area contributed by atoms with Gasteiger partial charge in [0.15, 0.2) is 11.5 Å². The second-order valence-electron chi connectivity index (χ2n) is 5.55. The van der Waals surface area contributed by atoms with Crippen molar-refractivity contribution < 1.29 is 19.0 Å².